The van der Waals surface area contributed by atoms with Gasteiger partial charge in [-0.25, -0.2) is 4.79 Å². The van der Waals surface area contributed by atoms with Crippen molar-refractivity contribution in [2.75, 3.05) is 5.32 Å². The molecule has 19 heavy (non-hydrogen) atoms. The Labute approximate surface area is 114 Å². The first-order valence-electron chi connectivity index (χ1n) is 5.02. The zero-order valence-corrected chi connectivity index (χ0v) is 10.7. The molecule has 0 aromatic heterocycles. The van der Waals surface area contributed by atoms with Gasteiger partial charge in [0.25, 0.3) is 0 Å². The highest BCUT2D eigenvalue weighted by molar-refractivity contribution is 9.10. The molecule has 102 valence electrons. The maximum Gasteiger partial charge on any atom is 0.511 e. The molecule has 1 heterocycles. The fraction of sp³-hybridized carbons (Fsp3) is 0.182. The van der Waals surface area contributed by atoms with Gasteiger partial charge in [-0.3, -0.25) is 0 Å². The Balaban J connectivity index is 2.46. The van der Waals surface area contributed by atoms with E-state index in [9.17, 15) is 18.0 Å². The van der Waals surface area contributed by atoms with E-state index in [-0.39, 0.29) is 5.69 Å². The maximum absolute atomic E-state index is 12.8. The number of nitrogens with one attached hydrogen (secondary N) is 1. The number of fused-ring (bicyclic) bond motifs is 1. The average molecular weight is 338 g/mol. The van der Waals surface area contributed by atoms with E-state index >= 15 is 0 Å². The smallest absolute Gasteiger partial charge is 0.449 e. The fourth-order valence-electron chi connectivity index (χ4n) is 1.68. The van der Waals surface area contributed by atoms with Crippen molar-refractivity contribution in [3.05, 3.63) is 34.0 Å². The van der Waals surface area contributed by atoms with Crippen molar-refractivity contribution < 1.29 is 27.8 Å². The van der Waals surface area contributed by atoms with Gasteiger partial charge in [-0.05, 0) is 24.3 Å². The van der Waals surface area contributed by atoms with Crippen LogP contribution in [0.15, 0.2) is 28.4 Å². The number of rotatable bonds is 1. The first-order chi connectivity index (χ1) is 8.77. The highest BCUT2D eigenvalue weighted by atomic mass is 79.9. The first-order valence-corrected chi connectivity index (χ1v) is 5.82. The molecule has 0 saturated heterocycles. The molecular formula is C11H7BrF3NO3. The molecule has 1 aromatic rings. The second-order valence-electron chi connectivity index (χ2n) is 3.77. The quantitative estimate of drug-likeness (QED) is 0.764. The number of hydrogen-bond donors (Lipinski definition) is 2. The van der Waals surface area contributed by atoms with E-state index in [1.165, 1.54) is 6.07 Å². The van der Waals surface area contributed by atoms with Crippen molar-refractivity contribution in [1.82, 2.24) is 0 Å². The Hall–Kier alpha value is -1.70. The van der Waals surface area contributed by atoms with Crippen LogP contribution in [-0.2, 0) is 4.74 Å². The van der Waals surface area contributed by atoms with Crippen molar-refractivity contribution >= 4 is 33.8 Å². The summed E-state index contributed by atoms with van der Waals surface area (Å²) in [5.41, 5.74) is 0.661. The van der Waals surface area contributed by atoms with Gasteiger partial charge in [0.2, 0.25) is 0 Å². The molecule has 0 fully saturated rings. The molecule has 1 aliphatic rings. The van der Waals surface area contributed by atoms with Gasteiger partial charge in [-0.15, -0.1) is 0 Å². The topological polar surface area (TPSA) is 58.6 Å². The van der Waals surface area contributed by atoms with E-state index in [4.69, 9.17) is 5.11 Å². The molecule has 0 aliphatic carbocycles. The molecule has 0 bridgehead atoms. The number of alkyl halides is 3. The number of halogens is 4. The summed E-state index contributed by atoms with van der Waals surface area (Å²) < 4.78 is 43.4. The number of benzene rings is 1. The van der Waals surface area contributed by atoms with Crippen LogP contribution < -0.4 is 5.32 Å². The van der Waals surface area contributed by atoms with Crippen LogP contribution in [0.2, 0.25) is 0 Å². The monoisotopic (exact) mass is 337 g/mol. The van der Waals surface area contributed by atoms with Gasteiger partial charge in [-0.1, -0.05) is 15.9 Å². The molecule has 0 radical (unpaired) electrons. The highest BCUT2D eigenvalue weighted by Gasteiger charge is 2.45. The van der Waals surface area contributed by atoms with Crippen LogP contribution in [-0.4, -0.2) is 23.5 Å². The molecular weight excluding hydrogens is 331 g/mol. The summed E-state index contributed by atoms with van der Waals surface area (Å²) in [7, 11) is 0. The van der Waals surface area contributed by atoms with Crippen LogP contribution in [0.25, 0.3) is 6.08 Å². The van der Waals surface area contributed by atoms with Gasteiger partial charge >= 0.3 is 12.3 Å². The Morgan fingerprint density at radius 1 is 1.42 bits per heavy atom. The molecule has 2 N–H and O–H groups in total. The molecule has 8 heteroatoms. The van der Waals surface area contributed by atoms with E-state index in [1.54, 1.807) is 12.1 Å². The van der Waals surface area contributed by atoms with Crippen LogP contribution in [0.3, 0.4) is 0 Å². The van der Waals surface area contributed by atoms with E-state index in [1.807, 2.05) is 0 Å². The summed E-state index contributed by atoms with van der Waals surface area (Å²) in [4.78, 5) is 10.5. The van der Waals surface area contributed by atoms with Gasteiger partial charge in [0.15, 0.2) is 6.04 Å². The van der Waals surface area contributed by atoms with E-state index < -0.39 is 24.1 Å². The standard InChI is InChI=1S/C11H7BrF3NO3/c12-6-1-2-7-5(3-6)4-8(19-10(17)18)9(16-7)11(13,14)15/h1-4,9,16H,(H,17,18). The van der Waals surface area contributed by atoms with Gasteiger partial charge in [-0.2, -0.15) is 13.2 Å². The largest absolute Gasteiger partial charge is 0.511 e. The molecule has 1 unspecified atom stereocenters. The van der Waals surface area contributed by atoms with E-state index in [2.05, 4.69) is 26.0 Å². The second kappa shape index (κ2) is 4.76. The predicted octanol–water partition coefficient (Wildman–Crippen LogP) is 3.84. The van der Waals surface area contributed by atoms with Crippen molar-refractivity contribution in [3.63, 3.8) is 0 Å². The van der Waals surface area contributed by atoms with Gasteiger partial charge < -0.3 is 15.2 Å². The molecule has 1 aromatic carbocycles. The SMILES string of the molecule is O=C(O)OC1=Cc2cc(Br)ccc2NC1C(F)(F)F. The van der Waals surface area contributed by atoms with Gasteiger partial charge in [0, 0.05) is 15.7 Å². The Morgan fingerprint density at radius 3 is 2.68 bits per heavy atom. The van der Waals surface area contributed by atoms with Crippen molar-refractivity contribution in [2.45, 2.75) is 12.2 Å². The summed E-state index contributed by atoms with van der Waals surface area (Å²) in [6, 6.07) is 2.42. The highest BCUT2D eigenvalue weighted by Crippen LogP contribution is 2.36. The number of hydrogen-bond acceptors (Lipinski definition) is 3. The number of anilines is 1. The average Bonchev–Trinajstić information content (AvgIpc) is 2.25. The Kier molecular flexibility index (Phi) is 3.44. The third kappa shape index (κ3) is 3.01. The van der Waals surface area contributed by atoms with Crippen LogP contribution in [0, 0.1) is 0 Å². The van der Waals surface area contributed by atoms with E-state index in [0.717, 1.165) is 6.08 Å². The fourth-order valence-corrected chi connectivity index (χ4v) is 2.06. The van der Waals surface area contributed by atoms with Crippen LogP contribution in [0.5, 0.6) is 0 Å². The lowest BCUT2D eigenvalue weighted by atomic mass is 10.0. The van der Waals surface area contributed by atoms with Gasteiger partial charge in [0.05, 0.1) is 0 Å². The lowest BCUT2D eigenvalue weighted by Gasteiger charge is -2.28. The van der Waals surface area contributed by atoms with E-state index in [0.29, 0.717) is 10.0 Å². The molecule has 1 atom stereocenters. The summed E-state index contributed by atoms with van der Waals surface area (Å²) >= 11 is 3.18. The lowest BCUT2D eigenvalue weighted by Crippen LogP contribution is -2.40. The lowest BCUT2D eigenvalue weighted by molar-refractivity contribution is -0.140. The molecule has 4 nitrogen and oxygen atoms in total. The second-order valence-corrected chi connectivity index (χ2v) is 4.68. The summed E-state index contributed by atoms with van der Waals surface area (Å²) in [5, 5.41) is 10.7. The number of carboxylic acid groups (broad SMARTS) is 1. The molecule has 2 rings (SSSR count). The minimum Gasteiger partial charge on any atom is -0.449 e. The Bertz CT molecular complexity index is 557. The third-order valence-corrected chi connectivity index (χ3v) is 2.92. The minimum atomic E-state index is -4.66. The van der Waals surface area contributed by atoms with Crippen molar-refractivity contribution in [1.29, 1.82) is 0 Å². The minimum absolute atomic E-state index is 0.253. The molecule has 0 saturated carbocycles. The number of carbonyl (C=O) groups is 1. The summed E-state index contributed by atoms with van der Waals surface area (Å²) in [6.07, 6.45) is -5.39. The van der Waals surface area contributed by atoms with Crippen molar-refractivity contribution in [3.8, 4) is 0 Å². The predicted molar refractivity (Wildman–Crippen MR) is 64.7 cm³/mol. The molecule has 1 aliphatic heterocycles. The normalized spacial score (nSPS) is 18.1. The Morgan fingerprint density at radius 2 is 2.11 bits per heavy atom. The summed E-state index contributed by atoms with van der Waals surface area (Å²) in [6.45, 7) is 0. The summed E-state index contributed by atoms with van der Waals surface area (Å²) in [5.74, 6) is -0.703. The third-order valence-electron chi connectivity index (χ3n) is 2.43. The van der Waals surface area contributed by atoms with Crippen LogP contribution in [0.4, 0.5) is 23.7 Å². The van der Waals surface area contributed by atoms with Crippen LogP contribution in [0.1, 0.15) is 5.56 Å². The number of ether oxygens (including phenoxy) is 1. The molecule has 0 amide bonds. The van der Waals surface area contributed by atoms with Gasteiger partial charge in [0.1, 0.15) is 5.76 Å². The molecule has 0 spiro atoms. The zero-order chi connectivity index (χ0) is 14.2. The van der Waals surface area contributed by atoms with Crippen molar-refractivity contribution in [2.24, 2.45) is 0 Å². The first kappa shape index (κ1) is 13.7. The van der Waals surface area contributed by atoms with Crippen LogP contribution >= 0.6 is 15.9 Å². The maximum atomic E-state index is 12.8. The zero-order valence-electron chi connectivity index (χ0n) is 9.16.